The lowest BCUT2D eigenvalue weighted by atomic mass is 10.1. The van der Waals surface area contributed by atoms with Crippen LogP contribution in [0.15, 0.2) is 45.8 Å². The fourth-order valence-corrected chi connectivity index (χ4v) is 5.05. The minimum Gasteiger partial charge on any atom is -0.493 e. The van der Waals surface area contributed by atoms with E-state index in [1.54, 1.807) is 20.1 Å². The van der Waals surface area contributed by atoms with Crippen molar-refractivity contribution in [1.82, 2.24) is 4.90 Å². The highest BCUT2D eigenvalue weighted by molar-refractivity contribution is 9.10. The third kappa shape index (κ3) is 6.37. The number of ether oxygens (including phenoxy) is 3. The molecule has 0 aromatic heterocycles. The van der Waals surface area contributed by atoms with Gasteiger partial charge in [-0.2, -0.15) is 0 Å². The maximum absolute atomic E-state index is 12.8. The zero-order valence-corrected chi connectivity index (χ0v) is 21.8. The second-order valence-corrected chi connectivity index (χ2v) is 9.67. The van der Waals surface area contributed by atoms with E-state index >= 15 is 0 Å². The maximum Gasteiger partial charge on any atom is 0.307 e. The Morgan fingerprint density at radius 3 is 2.73 bits per heavy atom. The zero-order valence-electron chi connectivity index (χ0n) is 18.6. The van der Waals surface area contributed by atoms with Gasteiger partial charge in [-0.05, 0) is 64.7 Å². The van der Waals surface area contributed by atoms with E-state index in [2.05, 4.69) is 15.9 Å². The Hall–Kier alpha value is -2.36. The molecule has 2 aromatic carbocycles. The van der Waals surface area contributed by atoms with Crippen molar-refractivity contribution >= 4 is 62.2 Å². The molecule has 2 aromatic rings. The van der Waals surface area contributed by atoms with Gasteiger partial charge in [0.2, 0.25) is 0 Å². The second kappa shape index (κ2) is 11.7. The molecule has 0 radical (unpaired) electrons. The van der Waals surface area contributed by atoms with Crippen molar-refractivity contribution in [2.45, 2.75) is 26.9 Å². The Bertz CT molecular complexity index is 1100. The molecule has 1 saturated heterocycles. The van der Waals surface area contributed by atoms with Crippen LogP contribution in [0.1, 0.15) is 30.0 Å². The number of hydrogen-bond donors (Lipinski definition) is 0. The Balaban J connectivity index is 1.76. The third-order valence-corrected chi connectivity index (χ3v) is 6.87. The molecular weight excluding hydrogens is 526 g/mol. The quantitative estimate of drug-likeness (QED) is 0.232. The smallest absolute Gasteiger partial charge is 0.307 e. The first-order valence-electron chi connectivity index (χ1n) is 10.3. The summed E-state index contributed by atoms with van der Waals surface area (Å²) < 4.78 is 17.6. The predicted octanol–water partition coefficient (Wildman–Crippen LogP) is 5.50. The molecule has 33 heavy (non-hydrogen) atoms. The molecule has 1 heterocycles. The van der Waals surface area contributed by atoms with Crippen LogP contribution in [-0.2, 0) is 20.9 Å². The van der Waals surface area contributed by atoms with Crippen LogP contribution in [0.4, 0.5) is 0 Å². The van der Waals surface area contributed by atoms with Gasteiger partial charge >= 0.3 is 5.97 Å². The average molecular weight is 550 g/mol. The van der Waals surface area contributed by atoms with Crippen LogP contribution in [0.5, 0.6) is 11.5 Å². The largest absolute Gasteiger partial charge is 0.493 e. The van der Waals surface area contributed by atoms with Crippen LogP contribution in [0.25, 0.3) is 6.08 Å². The number of rotatable bonds is 9. The second-order valence-electron chi connectivity index (χ2n) is 7.14. The van der Waals surface area contributed by atoms with Gasteiger partial charge < -0.3 is 14.2 Å². The molecule has 0 spiro atoms. The molecule has 0 bridgehead atoms. The first-order chi connectivity index (χ1) is 15.8. The Morgan fingerprint density at radius 1 is 1.27 bits per heavy atom. The van der Waals surface area contributed by atoms with E-state index in [1.807, 2.05) is 43.3 Å². The minimum atomic E-state index is -0.356. The van der Waals surface area contributed by atoms with E-state index in [4.69, 9.17) is 26.4 Å². The van der Waals surface area contributed by atoms with E-state index in [1.165, 1.54) is 16.7 Å². The fraction of sp³-hybridized carbons (Fsp3) is 0.292. The van der Waals surface area contributed by atoms with Crippen LogP contribution in [-0.4, -0.2) is 41.4 Å². The molecule has 1 aliphatic rings. The van der Waals surface area contributed by atoms with Gasteiger partial charge in [0.15, 0.2) is 11.5 Å². The van der Waals surface area contributed by atoms with E-state index in [0.29, 0.717) is 38.4 Å². The van der Waals surface area contributed by atoms with E-state index < -0.39 is 0 Å². The van der Waals surface area contributed by atoms with Crippen molar-refractivity contribution in [3.05, 3.63) is 62.5 Å². The zero-order chi connectivity index (χ0) is 24.0. The van der Waals surface area contributed by atoms with Gasteiger partial charge in [0, 0.05) is 6.54 Å². The van der Waals surface area contributed by atoms with Crippen molar-refractivity contribution < 1.29 is 23.8 Å². The summed E-state index contributed by atoms with van der Waals surface area (Å²) in [5, 5.41) is 0. The standard InChI is InChI=1S/C24H24BrNO5S2/c1-4-30-21(27)9-10-26-23(28)20(33-24(26)32)13-16-11-18(25)22(19(12-16)29-3)31-14-17-8-6-5-7-15(17)2/h5-8,11-13H,4,9-10,14H2,1-3H3/b20-13-. The summed E-state index contributed by atoms with van der Waals surface area (Å²) in [4.78, 5) is 26.4. The van der Waals surface area contributed by atoms with Crippen molar-refractivity contribution in [3.63, 3.8) is 0 Å². The van der Waals surface area contributed by atoms with E-state index in [9.17, 15) is 9.59 Å². The number of carbonyl (C=O) groups excluding carboxylic acids is 2. The molecule has 1 aliphatic heterocycles. The van der Waals surface area contributed by atoms with E-state index in [-0.39, 0.29) is 24.8 Å². The molecule has 0 saturated carbocycles. The number of methoxy groups -OCH3 is 1. The van der Waals surface area contributed by atoms with Crippen molar-refractivity contribution in [2.75, 3.05) is 20.3 Å². The summed E-state index contributed by atoms with van der Waals surface area (Å²) in [6, 6.07) is 11.7. The third-order valence-electron chi connectivity index (χ3n) is 4.90. The number of aryl methyl sites for hydroxylation is 1. The van der Waals surface area contributed by atoms with Crippen LogP contribution >= 0.6 is 39.9 Å². The Kier molecular flexibility index (Phi) is 8.94. The summed E-state index contributed by atoms with van der Waals surface area (Å²) in [5.41, 5.74) is 2.99. The molecule has 174 valence electrons. The molecule has 1 fully saturated rings. The normalized spacial score (nSPS) is 14.7. The molecule has 0 unspecified atom stereocenters. The summed E-state index contributed by atoms with van der Waals surface area (Å²) in [7, 11) is 1.57. The molecule has 6 nitrogen and oxygen atoms in total. The Labute approximate surface area is 211 Å². The monoisotopic (exact) mass is 549 g/mol. The van der Waals surface area contributed by atoms with Crippen LogP contribution in [0, 0.1) is 6.92 Å². The number of thiocarbonyl (C=S) groups is 1. The van der Waals surface area contributed by atoms with Crippen LogP contribution in [0.3, 0.4) is 0 Å². The number of halogens is 1. The topological polar surface area (TPSA) is 65.1 Å². The first kappa shape index (κ1) is 25.3. The molecule has 9 heteroatoms. The highest BCUT2D eigenvalue weighted by Crippen LogP contribution is 2.39. The SMILES string of the molecule is CCOC(=O)CCN1C(=O)/C(=C/c2cc(Br)c(OCc3ccccc3C)c(OC)c2)SC1=S. The highest BCUT2D eigenvalue weighted by Gasteiger charge is 2.32. The number of thioether (sulfide) groups is 1. The molecule has 1 amide bonds. The molecule has 3 rings (SSSR count). The lowest BCUT2D eigenvalue weighted by Gasteiger charge is -2.15. The van der Waals surface area contributed by atoms with Gasteiger partial charge in [-0.1, -0.05) is 48.2 Å². The van der Waals surface area contributed by atoms with Gasteiger partial charge in [0.25, 0.3) is 5.91 Å². The molecular formula is C24H24BrNO5S2. The maximum atomic E-state index is 12.8. The van der Waals surface area contributed by atoms with Crippen LogP contribution in [0.2, 0.25) is 0 Å². The number of amides is 1. The number of carbonyl (C=O) groups is 2. The lowest BCUT2D eigenvalue weighted by molar-refractivity contribution is -0.143. The van der Waals surface area contributed by atoms with Gasteiger partial charge in [0.05, 0.1) is 29.5 Å². The average Bonchev–Trinajstić information content (AvgIpc) is 3.04. The Morgan fingerprint density at radius 2 is 2.03 bits per heavy atom. The number of hydrogen-bond acceptors (Lipinski definition) is 7. The fourth-order valence-electron chi connectivity index (χ4n) is 3.17. The number of benzene rings is 2. The first-order valence-corrected chi connectivity index (χ1v) is 12.3. The van der Waals surface area contributed by atoms with E-state index in [0.717, 1.165) is 16.7 Å². The summed E-state index contributed by atoms with van der Waals surface area (Å²) in [5.74, 6) is 0.539. The lowest BCUT2D eigenvalue weighted by Crippen LogP contribution is -2.30. The van der Waals surface area contributed by atoms with Gasteiger partial charge in [0.1, 0.15) is 10.9 Å². The number of esters is 1. The van der Waals surface area contributed by atoms with Gasteiger partial charge in [-0.15, -0.1) is 0 Å². The van der Waals surface area contributed by atoms with Crippen molar-refractivity contribution in [2.24, 2.45) is 0 Å². The van der Waals surface area contributed by atoms with Crippen molar-refractivity contribution in [3.8, 4) is 11.5 Å². The molecule has 0 aliphatic carbocycles. The van der Waals surface area contributed by atoms with Crippen molar-refractivity contribution in [1.29, 1.82) is 0 Å². The molecule has 0 atom stereocenters. The number of nitrogens with zero attached hydrogens (tertiary/aromatic N) is 1. The van der Waals surface area contributed by atoms with Gasteiger partial charge in [-0.3, -0.25) is 14.5 Å². The molecule has 0 N–H and O–H groups in total. The van der Waals surface area contributed by atoms with Crippen LogP contribution < -0.4 is 9.47 Å². The highest BCUT2D eigenvalue weighted by atomic mass is 79.9. The summed E-state index contributed by atoms with van der Waals surface area (Å²) in [6.07, 6.45) is 1.85. The minimum absolute atomic E-state index is 0.0971. The summed E-state index contributed by atoms with van der Waals surface area (Å²) in [6.45, 7) is 4.68. The van der Waals surface area contributed by atoms with Gasteiger partial charge in [-0.25, -0.2) is 0 Å². The summed E-state index contributed by atoms with van der Waals surface area (Å²) >= 11 is 10.1. The predicted molar refractivity (Wildman–Crippen MR) is 137 cm³/mol.